The molecule has 0 amide bonds. The lowest BCUT2D eigenvalue weighted by molar-refractivity contribution is -0.118. The SMILES string of the molecule is C=CC=CC(C)(C)CC(C)=O. The fourth-order valence-electron chi connectivity index (χ4n) is 1.03. The summed E-state index contributed by atoms with van der Waals surface area (Å²) in [5, 5.41) is 0. The van der Waals surface area contributed by atoms with Gasteiger partial charge in [0.1, 0.15) is 5.78 Å². The number of ketones is 1. The number of rotatable bonds is 4. The first-order valence-electron chi connectivity index (χ1n) is 3.77. The second-order valence-corrected chi connectivity index (χ2v) is 3.46. The Morgan fingerprint density at radius 1 is 1.55 bits per heavy atom. The number of carbonyl (C=O) groups excluding carboxylic acids is 1. The van der Waals surface area contributed by atoms with Gasteiger partial charge in [0.05, 0.1) is 0 Å². The summed E-state index contributed by atoms with van der Waals surface area (Å²) in [6.45, 7) is 9.26. The monoisotopic (exact) mass is 152 g/mol. The third-order valence-electron chi connectivity index (χ3n) is 1.39. The van der Waals surface area contributed by atoms with E-state index in [1.807, 2.05) is 26.0 Å². The molecule has 0 atom stereocenters. The molecule has 0 fully saturated rings. The first-order valence-corrected chi connectivity index (χ1v) is 3.77. The van der Waals surface area contributed by atoms with Crippen molar-refractivity contribution in [2.75, 3.05) is 0 Å². The fraction of sp³-hybridized carbons (Fsp3) is 0.500. The van der Waals surface area contributed by atoms with E-state index >= 15 is 0 Å². The Hall–Kier alpha value is -0.850. The Balaban J connectivity index is 4.09. The highest BCUT2D eigenvalue weighted by Gasteiger charge is 2.15. The molecule has 0 N–H and O–H groups in total. The van der Waals surface area contributed by atoms with Gasteiger partial charge in [-0.05, 0) is 12.3 Å². The van der Waals surface area contributed by atoms with Crippen molar-refractivity contribution >= 4 is 5.78 Å². The zero-order chi connectivity index (χ0) is 8.91. The van der Waals surface area contributed by atoms with Crippen LogP contribution >= 0.6 is 0 Å². The molecule has 0 bridgehead atoms. The minimum Gasteiger partial charge on any atom is -0.300 e. The van der Waals surface area contributed by atoms with Crippen molar-refractivity contribution in [3.05, 3.63) is 24.8 Å². The average Bonchev–Trinajstić information content (AvgIpc) is 1.81. The van der Waals surface area contributed by atoms with Gasteiger partial charge in [-0.15, -0.1) is 0 Å². The molecule has 0 aliphatic carbocycles. The van der Waals surface area contributed by atoms with Crippen LogP contribution in [0.5, 0.6) is 0 Å². The van der Waals surface area contributed by atoms with Crippen molar-refractivity contribution in [1.29, 1.82) is 0 Å². The van der Waals surface area contributed by atoms with E-state index in [2.05, 4.69) is 6.58 Å². The molecule has 0 radical (unpaired) electrons. The zero-order valence-corrected chi connectivity index (χ0v) is 7.55. The summed E-state index contributed by atoms with van der Waals surface area (Å²) in [7, 11) is 0. The van der Waals surface area contributed by atoms with Crippen molar-refractivity contribution in [3.8, 4) is 0 Å². The molecule has 0 aromatic rings. The second kappa shape index (κ2) is 4.12. The lowest BCUT2D eigenvalue weighted by Gasteiger charge is -2.17. The van der Waals surface area contributed by atoms with E-state index in [1.165, 1.54) is 0 Å². The first kappa shape index (κ1) is 10.2. The van der Waals surface area contributed by atoms with Gasteiger partial charge in [0, 0.05) is 6.42 Å². The number of Topliss-reactive ketones (excluding diaryl/α,β-unsaturated/α-hetero) is 1. The van der Waals surface area contributed by atoms with Gasteiger partial charge in [-0.1, -0.05) is 38.7 Å². The first-order chi connectivity index (χ1) is 4.98. The van der Waals surface area contributed by atoms with Crippen molar-refractivity contribution < 1.29 is 4.79 Å². The quantitative estimate of drug-likeness (QED) is 0.566. The van der Waals surface area contributed by atoms with E-state index in [9.17, 15) is 4.79 Å². The minimum absolute atomic E-state index is 0.0278. The highest BCUT2D eigenvalue weighted by atomic mass is 16.1. The summed E-state index contributed by atoms with van der Waals surface area (Å²) in [6, 6.07) is 0. The molecule has 1 heteroatoms. The van der Waals surface area contributed by atoms with Gasteiger partial charge >= 0.3 is 0 Å². The van der Waals surface area contributed by atoms with Crippen LogP contribution in [0.4, 0.5) is 0 Å². The van der Waals surface area contributed by atoms with Crippen LogP contribution in [0.1, 0.15) is 27.2 Å². The molecule has 0 aromatic heterocycles. The van der Waals surface area contributed by atoms with Gasteiger partial charge in [-0.25, -0.2) is 0 Å². The lowest BCUT2D eigenvalue weighted by atomic mass is 9.87. The summed E-state index contributed by atoms with van der Waals surface area (Å²) in [4.78, 5) is 10.8. The fourth-order valence-corrected chi connectivity index (χ4v) is 1.03. The van der Waals surface area contributed by atoms with Crippen LogP contribution in [0.15, 0.2) is 24.8 Å². The molecule has 0 saturated heterocycles. The minimum atomic E-state index is -0.0278. The second-order valence-electron chi connectivity index (χ2n) is 3.46. The van der Waals surface area contributed by atoms with Gasteiger partial charge in [-0.2, -0.15) is 0 Å². The number of allylic oxidation sites excluding steroid dienone is 3. The molecule has 0 aliphatic rings. The average molecular weight is 152 g/mol. The molecule has 0 saturated carbocycles. The summed E-state index contributed by atoms with van der Waals surface area (Å²) in [6.07, 6.45) is 6.20. The standard InChI is InChI=1S/C10H16O/c1-5-6-7-10(3,4)8-9(2)11/h5-7H,1,8H2,2-4H3. The largest absolute Gasteiger partial charge is 0.300 e. The number of hydrogen-bond acceptors (Lipinski definition) is 1. The van der Waals surface area contributed by atoms with Gasteiger partial charge < -0.3 is 0 Å². The maximum atomic E-state index is 10.8. The van der Waals surface area contributed by atoms with Gasteiger partial charge in [-0.3, -0.25) is 4.79 Å². The maximum absolute atomic E-state index is 10.8. The molecule has 62 valence electrons. The van der Waals surface area contributed by atoms with Crippen LogP contribution in [-0.4, -0.2) is 5.78 Å². The predicted octanol–water partition coefficient (Wildman–Crippen LogP) is 2.73. The Morgan fingerprint density at radius 3 is 2.45 bits per heavy atom. The Morgan fingerprint density at radius 2 is 2.09 bits per heavy atom. The van der Waals surface area contributed by atoms with Gasteiger partial charge in [0.25, 0.3) is 0 Å². The van der Waals surface area contributed by atoms with Crippen LogP contribution in [0.3, 0.4) is 0 Å². The van der Waals surface area contributed by atoms with Crippen LogP contribution in [0, 0.1) is 5.41 Å². The van der Waals surface area contributed by atoms with Gasteiger partial charge in [0.2, 0.25) is 0 Å². The van der Waals surface area contributed by atoms with E-state index < -0.39 is 0 Å². The number of carbonyl (C=O) groups is 1. The topological polar surface area (TPSA) is 17.1 Å². The van der Waals surface area contributed by atoms with E-state index in [0.29, 0.717) is 6.42 Å². The van der Waals surface area contributed by atoms with Crippen LogP contribution in [0.2, 0.25) is 0 Å². The molecule has 0 rings (SSSR count). The summed E-state index contributed by atoms with van der Waals surface area (Å²) >= 11 is 0. The Kier molecular flexibility index (Phi) is 3.80. The highest BCUT2D eigenvalue weighted by molar-refractivity contribution is 5.76. The Bertz CT molecular complexity index is 175. The highest BCUT2D eigenvalue weighted by Crippen LogP contribution is 2.22. The van der Waals surface area contributed by atoms with Crippen LogP contribution in [0.25, 0.3) is 0 Å². The van der Waals surface area contributed by atoms with Crippen LogP contribution in [-0.2, 0) is 4.79 Å². The molecule has 0 heterocycles. The molecule has 0 unspecified atom stereocenters. The van der Waals surface area contributed by atoms with Crippen molar-refractivity contribution in [1.82, 2.24) is 0 Å². The summed E-state index contributed by atoms with van der Waals surface area (Å²) in [5.74, 6) is 0.226. The third kappa shape index (κ3) is 5.59. The third-order valence-corrected chi connectivity index (χ3v) is 1.39. The lowest BCUT2D eigenvalue weighted by Crippen LogP contribution is -2.11. The molecule has 11 heavy (non-hydrogen) atoms. The normalized spacial score (nSPS) is 11.9. The van der Waals surface area contributed by atoms with Gasteiger partial charge in [0.15, 0.2) is 0 Å². The molecule has 1 nitrogen and oxygen atoms in total. The predicted molar refractivity (Wildman–Crippen MR) is 48.4 cm³/mol. The summed E-state index contributed by atoms with van der Waals surface area (Å²) in [5.41, 5.74) is -0.0278. The van der Waals surface area contributed by atoms with E-state index in [0.717, 1.165) is 0 Å². The van der Waals surface area contributed by atoms with Crippen LogP contribution < -0.4 is 0 Å². The van der Waals surface area contributed by atoms with E-state index in [4.69, 9.17) is 0 Å². The molecule has 0 aromatic carbocycles. The molecular formula is C10H16O. The molecule has 0 spiro atoms. The van der Waals surface area contributed by atoms with Crippen molar-refractivity contribution in [2.24, 2.45) is 5.41 Å². The van der Waals surface area contributed by atoms with Crippen molar-refractivity contribution in [2.45, 2.75) is 27.2 Å². The number of hydrogen-bond donors (Lipinski definition) is 0. The zero-order valence-electron chi connectivity index (χ0n) is 7.55. The van der Waals surface area contributed by atoms with Crippen molar-refractivity contribution in [3.63, 3.8) is 0 Å². The molecular weight excluding hydrogens is 136 g/mol. The van der Waals surface area contributed by atoms with E-state index in [-0.39, 0.29) is 11.2 Å². The smallest absolute Gasteiger partial charge is 0.130 e. The summed E-state index contributed by atoms with van der Waals surface area (Å²) < 4.78 is 0. The van der Waals surface area contributed by atoms with E-state index in [1.54, 1.807) is 13.0 Å². The Labute approximate surface area is 68.8 Å². The maximum Gasteiger partial charge on any atom is 0.130 e. The molecule has 0 aliphatic heterocycles.